The molecular formula is C19H15ClN5OV-. The number of nitrogens with zero attached hydrogens (tertiary/aromatic N) is 4. The van der Waals surface area contributed by atoms with Crippen LogP contribution in [0.3, 0.4) is 0 Å². The van der Waals surface area contributed by atoms with Gasteiger partial charge >= 0.3 is 0 Å². The van der Waals surface area contributed by atoms with E-state index in [2.05, 4.69) is 26.4 Å². The Morgan fingerprint density at radius 2 is 1.85 bits per heavy atom. The average molecular weight is 416 g/mol. The first-order valence-electron chi connectivity index (χ1n) is 7.98. The molecule has 0 spiro atoms. The van der Waals surface area contributed by atoms with Crippen LogP contribution in [0.25, 0.3) is 11.0 Å². The molecule has 0 amide bonds. The van der Waals surface area contributed by atoms with Crippen molar-refractivity contribution in [2.24, 2.45) is 0 Å². The van der Waals surface area contributed by atoms with Crippen LogP contribution >= 0.6 is 11.6 Å². The largest absolute Gasteiger partial charge is 0.497 e. The van der Waals surface area contributed by atoms with Gasteiger partial charge in [0.1, 0.15) is 16.8 Å². The van der Waals surface area contributed by atoms with Crippen LogP contribution in [0.2, 0.25) is 5.15 Å². The maximum Gasteiger partial charge on any atom is 0.227 e. The minimum atomic E-state index is 0. The Hall–Kier alpha value is -2.54. The van der Waals surface area contributed by atoms with Crippen LogP contribution in [-0.4, -0.2) is 26.9 Å². The third kappa shape index (κ3) is 4.24. The zero-order valence-corrected chi connectivity index (χ0v) is 16.6. The molecule has 2 aromatic heterocycles. The molecule has 0 saturated heterocycles. The van der Waals surface area contributed by atoms with Crippen LogP contribution in [0.5, 0.6) is 5.75 Å². The van der Waals surface area contributed by atoms with Crippen LogP contribution in [-0.2, 0) is 25.1 Å². The molecule has 0 aliphatic heterocycles. The number of fused-ring (bicyclic) bond motifs is 1. The quantitative estimate of drug-likeness (QED) is 0.393. The summed E-state index contributed by atoms with van der Waals surface area (Å²) in [6.45, 7) is 0.567. The van der Waals surface area contributed by atoms with Gasteiger partial charge in [-0.2, -0.15) is 28.3 Å². The molecule has 0 atom stereocenters. The number of rotatable bonds is 5. The van der Waals surface area contributed by atoms with Crippen LogP contribution in [0.1, 0.15) is 5.56 Å². The smallest absolute Gasteiger partial charge is 0.227 e. The SMILES string of the molecule is COc1ccc(Cn2ncc3nc(Nc4cc[c-]cc4)nc(Cl)c32)cc1.[V]. The fraction of sp³-hybridized carbons (Fsp3) is 0.105. The Bertz CT molecular complexity index is 1040. The summed E-state index contributed by atoms with van der Waals surface area (Å²) < 4.78 is 6.98. The van der Waals surface area contributed by atoms with Crippen molar-refractivity contribution < 1.29 is 23.3 Å². The summed E-state index contributed by atoms with van der Waals surface area (Å²) in [6.07, 6.45) is 1.69. The van der Waals surface area contributed by atoms with E-state index in [4.69, 9.17) is 16.3 Å². The van der Waals surface area contributed by atoms with E-state index in [1.165, 1.54) is 0 Å². The second-order valence-electron chi connectivity index (χ2n) is 5.64. The molecule has 1 radical (unpaired) electrons. The van der Waals surface area contributed by atoms with Crippen molar-refractivity contribution in [3.05, 3.63) is 71.5 Å². The van der Waals surface area contributed by atoms with Gasteiger partial charge in [-0.25, -0.2) is 4.98 Å². The number of ether oxygens (including phenoxy) is 1. The Kier molecular flexibility index (Phi) is 6.01. The van der Waals surface area contributed by atoms with Crippen LogP contribution < -0.4 is 10.1 Å². The standard InChI is InChI=1S/C19H15ClN5O.V/c1-26-15-9-7-13(8-10-15)12-25-17-16(11-21-25)23-19(24-18(17)20)22-14-5-3-2-4-6-14;/h3-11H,12H2,1H3,(H,22,23,24);/q-1;. The minimum absolute atomic E-state index is 0. The van der Waals surface area contributed by atoms with E-state index < -0.39 is 0 Å². The molecule has 4 aromatic rings. The van der Waals surface area contributed by atoms with Gasteiger partial charge in [0, 0.05) is 18.6 Å². The summed E-state index contributed by atoms with van der Waals surface area (Å²) in [5.74, 6) is 1.24. The average Bonchev–Trinajstić information content (AvgIpc) is 3.06. The van der Waals surface area contributed by atoms with E-state index in [1.54, 1.807) is 18.0 Å². The van der Waals surface area contributed by atoms with Gasteiger partial charge in [0.15, 0.2) is 5.15 Å². The monoisotopic (exact) mass is 415 g/mol. The van der Waals surface area contributed by atoms with Gasteiger partial charge in [0.05, 0.1) is 19.9 Å². The molecule has 8 heteroatoms. The zero-order chi connectivity index (χ0) is 17.9. The number of hydrogen-bond acceptors (Lipinski definition) is 5. The van der Waals surface area contributed by atoms with Gasteiger partial charge in [-0.05, 0) is 17.7 Å². The van der Waals surface area contributed by atoms with E-state index in [1.807, 2.05) is 48.5 Å². The summed E-state index contributed by atoms with van der Waals surface area (Å²) in [4.78, 5) is 8.85. The molecule has 0 aliphatic carbocycles. The van der Waals surface area contributed by atoms with E-state index in [-0.39, 0.29) is 18.6 Å². The van der Waals surface area contributed by atoms with Crippen molar-refractivity contribution in [2.45, 2.75) is 6.54 Å². The third-order valence-electron chi connectivity index (χ3n) is 3.91. The van der Waals surface area contributed by atoms with Crippen molar-refractivity contribution in [1.29, 1.82) is 0 Å². The van der Waals surface area contributed by atoms with Crippen molar-refractivity contribution in [3.8, 4) is 5.75 Å². The summed E-state index contributed by atoms with van der Waals surface area (Å²) >= 11 is 6.41. The third-order valence-corrected chi connectivity index (χ3v) is 4.18. The normalized spacial score (nSPS) is 10.4. The van der Waals surface area contributed by atoms with Gasteiger partial charge in [-0.1, -0.05) is 29.4 Å². The van der Waals surface area contributed by atoms with Crippen molar-refractivity contribution in [1.82, 2.24) is 19.7 Å². The van der Waals surface area contributed by atoms with E-state index in [9.17, 15) is 0 Å². The topological polar surface area (TPSA) is 64.9 Å². The maximum absolute atomic E-state index is 6.41. The van der Waals surface area contributed by atoms with Gasteiger partial charge < -0.3 is 10.1 Å². The van der Waals surface area contributed by atoms with Gasteiger partial charge in [0.25, 0.3) is 0 Å². The van der Waals surface area contributed by atoms with Gasteiger partial charge in [-0.3, -0.25) is 4.68 Å². The fourth-order valence-corrected chi connectivity index (χ4v) is 2.91. The van der Waals surface area contributed by atoms with Crippen molar-refractivity contribution in [2.75, 3.05) is 12.4 Å². The molecule has 2 heterocycles. The first-order chi connectivity index (χ1) is 12.7. The van der Waals surface area contributed by atoms with Crippen LogP contribution in [0.4, 0.5) is 11.6 Å². The summed E-state index contributed by atoms with van der Waals surface area (Å²) in [5.41, 5.74) is 3.33. The Morgan fingerprint density at radius 3 is 2.56 bits per heavy atom. The first-order valence-corrected chi connectivity index (χ1v) is 8.36. The maximum atomic E-state index is 6.41. The molecule has 0 saturated carbocycles. The van der Waals surface area contributed by atoms with Crippen molar-refractivity contribution >= 4 is 34.3 Å². The number of hydrogen-bond donors (Lipinski definition) is 1. The molecular weight excluding hydrogens is 401 g/mol. The number of benzene rings is 2. The molecule has 27 heavy (non-hydrogen) atoms. The summed E-state index contributed by atoms with van der Waals surface area (Å²) in [5, 5.41) is 7.89. The molecule has 2 aromatic carbocycles. The fourth-order valence-electron chi connectivity index (χ4n) is 2.63. The first kappa shape index (κ1) is 19.2. The van der Waals surface area contributed by atoms with Gasteiger partial charge in [0.2, 0.25) is 5.95 Å². The molecule has 135 valence electrons. The summed E-state index contributed by atoms with van der Waals surface area (Å²) in [6, 6.07) is 18.2. The molecule has 4 rings (SSSR count). The molecule has 6 nitrogen and oxygen atoms in total. The van der Waals surface area contributed by atoms with Crippen molar-refractivity contribution in [3.63, 3.8) is 0 Å². The molecule has 0 aliphatic rings. The minimum Gasteiger partial charge on any atom is -0.497 e. The number of methoxy groups -OCH3 is 1. The molecule has 1 N–H and O–H groups in total. The number of aromatic nitrogens is 4. The number of anilines is 2. The van der Waals surface area contributed by atoms with E-state index >= 15 is 0 Å². The van der Waals surface area contributed by atoms with E-state index in [0.29, 0.717) is 28.7 Å². The number of nitrogens with one attached hydrogen (secondary N) is 1. The second kappa shape index (κ2) is 8.44. The van der Waals surface area contributed by atoms with Crippen LogP contribution in [0.15, 0.2) is 54.7 Å². The van der Waals surface area contributed by atoms with Crippen LogP contribution in [0, 0.1) is 6.07 Å². The Labute approximate surface area is 173 Å². The molecule has 0 bridgehead atoms. The predicted octanol–water partition coefficient (Wildman–Crippen LogP) is 4.08. The van der Waals surface area contributed by atoms with E-state index in [0.717, 1.165) is 17.0 Å². The van der Waals surface area contributed by atoms with Gasteiger partial charge in [-0.15, -0.1) is 12.1 Å². The second-order valence-corrected chi connectivity index (χ2v) is 5.99. The molecule has 0 fully saturated rings. The Balaban J connectivity index is 0.00000210. The zero-order valence-electron chi connectivity index (χ0n) is 14.4. The predicted molar refractivity (Wildman–Crippen MR) is 101 cm³/mol. The summed E-state index contributed by atoms with van der Waals surface area (Å²) in [7, 11) is 1.65. The molecule has 0 unspecified atom stereocenters. The number of halogens is 1. The Morgan fingerprint density at radius 1 is 1.11 bits per heavy atom.